The Morgan fingerprint density at radius 3 is 2.37 bits per heavy atom. The molecule has 0 radical (unpaired) electrons. The maximum absolute atomic E-state index is 12.0. The third kappa shape index (κ3) is 2.66. The van der Waals surface area contributed by atoms with Crippen molar-refractivity contribution in [1.29, 1.82) is 0 Å². The molecule has 2 rings (SSSR count). The van der Waals surface area contributed by atoms with E-state index in [0.717, 1.165) is 11.1 Å². The van der Waals surface area contributed by atoms with E-state index in [1.165, 1.54) is 7.11 Å². The van der Waals surface area contributed by atoms with Crippen molar-refractivity contribution in [3.05, 3.63) is 47.2 Å². The molecule has 0 aliphatic carbocycles. The molecule has 0 unspecified atom stereocenters. The van der Waals surface area contributed by atoms with E-state index in [1.54, 1.807) is 0 Å². The van der Waals surface area contributed by atoms with Gasteiger partial charge in [0, 0.05) is 22.8 Å². The Kier molecular flexibility index (Phi) is 3.96. The highest BCUT2D eigenvalue weighted by Gasteiger charge is 2.20. The molecule has 1 aromatic carbocycles. The van der Waals surface area contributed by atoms with E-state index in [4.69, 9.17) is 16.3 Å². The van der Waals surface area contributed by atoms with Gasteiger partial charge in [0.15, 0.2) is 0 Å². The van der Waals surface area contributed by atoms with Gasteiger partial charge in [-0.2, -0.15) is 0 Å². The zero-order valence-corrected chi connectivity index (χ0v) is 11.9. The topological polar surface area (TPSA) is 31.2 Å². The number of aromatic nitrogens is 1. The molecule has 0 aliphatic heterocycles. The first-order valence-corrected chi connectivity index (χ1v) is 6.47. The maximum Gasteiger partial charge on any atom is 0.355 e. The van der Waals surface area contributed by atoms with Crippen LogP contribution in [-0.4, -0.2) is 17.6 Å². The van der Waals surface area contributed by atoms with Crippen molar-refractivity contribution in [2.24, 2.45) is 0 Å². The van der Waals surface area contributed by atoms with Crippen LogP contribution in [0.5, 0.6) is 0 Å². The van der Waals surface area contributed by atoms with E-state index in [9.17, 15) is 4.79 Å². The molecule has 1 aromatic heterocycles. The van der Waals surface area contributed by atoms with Gasteiger partial charge in [0.25, 0.3) is 0 Å². The highest BCUT2D eigenvalue weighted by Crippen LogP contribution is 2.28. The van der Waals surface area contributed by atoms with E-state index in [-0.39, 0.29) is 12.0 Å². The second kappa shape index (κ2) is 5.49. The minimum absolute atomic E-state index is 0.190. The molecule has 19 heavy (non-hydrogen) atoms. The molecule has 2 aromatic rings. The van der Waals surface area contributed by atoms with Crippen molar-refractivity contribution >= 4 is 17.6 Å². The lowest BCUT2D eigenvalue weighted by atomic mass is 10.1. The van der Waals surface area contributed by atoms with Crippen LogP contribution >= 0.6 is 11.6 Å². The second-order valence-electron chi connectivity index (χ2n) is 4.58. The van der Waals surface area contributed by atoms with Gasteiger partial charge in [0.2, 0.25) is 0 Å². The molecule has 0 atom stereocenters. The van der Waals surface area contributed by atoms with Gasteiger partial charge in [-0.3, -0.25) is 0 Å². The van der Waals surface area contributed by atoms with Crippen molar-refractivity contribution in [3.8, 4) is 11.1 Å². The van der Waals surface area contributed by atoms with Gasteiger partial charge < -0.3 is 9.30 Å². The lowest BCUT2D eigenvalue weighted by Crippen LogP contribution is -2.12. The first kappa shape index (κ1) is 13.7. The fourth-order valence-electron chi connectivity index (χ4n) is 2.05. The van der Waals surface area contributed by atoms with Crippen LogP contribution in [0.3, 0.4) is 0 Å². The third-order valence-corrected chi connectivity index (χ3v) is 3.26. The largest absolute Gasteiger partial charge is 0.464 e. The highest BCUT2D eigenvalue weighted by atomic mass is 35.5. The third-order valence-electron chi connectivity index (χ3n) is 3.01. The van der Waals surface area contributed by atoms with Crippen LogP contribution in [0.1, 0.15) is 30.4 Å². The summed E-state index contributed by atoms with van der Waals surface area (Å²) in [6.45, 7) is 4.05. The zero-order chi connectivity index (χ0) is 14.0. The summed E-state index contributed by atoms with van der Waals surface area (Å²) in [7, 11) is 1.39. The number of hydrogen-bond acceptors (Lipinski definition) is 2. The molecule has 0 fully saturated rings. The molecule has 0 spiro atoms. The van der Waals surface area contributed by atoms with Crippen molar-refractivity contribution < 1.29 is 9.53 Å². The lowest BCUT2D eigenvalue weighted by molar-refractivity contribution is 0.0587. The smallest absolute Gasteiger partial charge is 0.355 e. The van der Waals surface area contributed by atoms with Crippen LogP contribution < -0.4 is 0 Å². The number of methoxy groups -OCH3 is 1. The van der Waals surface area contributed by atoms with E-state index < -0.39 is 0 Å². The maximum atomic E-state index is 12.0. The molecular weight excluding hydrogens is 262 g/mol. The van der Waals surface area contributed by atoms with E-state index in [1.807, 2.05) is 54.9 Å². The molecular formula is C15H16ClNO2. The average molecular weight is 278 g/mol. The van der Waals surface area contributed by atoms with Crippen molar-refractivity contribution in [1.82, 2.24) is 4.57 Å². The first-order chi connectivity index (χ1) is 9.04. The summed E-state index contributed by atoms with van der Waals surface area (Å²) in [6, 6.07) is 9.53. The summed E-state index contributed by atoms with van der Waals surface area (Å²) in [4.78, 5) is 12.0. The van der Waals surface area contributed by atoms with Crippen molar-refractivity contribution in [2.75, 3.05) is 7.11 Å². The number of esters is 1. The summed E-state index contributed by atoms with van der Waals surface area (Å²) in [5.74, 6) is -0.330. The monoisotopic (exact) mass is 277 g/mol. The Labute approximate surface area is 117 Å². The highest BCUT2D eigenvalue weighted by molar-refractivity contribution is 6.30. The van der Waals surface area contributed by atoms with E-state index >= 15 is 0 Å². The standard InChI is InChI=1S/C15H16ClNO2/c1-10(2)17-9-8-13(14(17)15(18)19-3)11-4-6-12(16)7-5-11/h4-10H,1-3H3. The summed E-state index contributed by atoms with van der Waals surface area (Å²) in [5, 5.41) is 0.673. The zero-order valence-electron chi connectivity index (χ0n) is 11.2. The normalized spacial score (nSPS) is 10.8. The molecule has 0 aliphatic rings. The molecule has 100 valence electrons. The van der Waals surface area contributed by atoms with Crippen LogP contribution in [0.25, 0.3) is 11.1 Å². The quantitative estimate of drug-likeness (QED) is 0.788. The fourth-order valence-corrected chi connectivity index (χ4v) is 2.18. The van der Waals surface area contributed by atoms with Gasteiger partial charge in [-0.15, -0.1) is 0 Å². The second-order valence-corrected chi connectivity index (χ2v) is 5.01. The number of carbonyl (C=O) groups excluding carboxylic acids is 1. The van der Waals surface area contributed by atoms with Gasteiger partial charge in [0.1, 0.15) is 5.69 Å². The van der Waals surface area contributed by atoms with Gasteiger partial charge in [0.05, 0.1) is 7.11 Å². The predicted molar refractivity (Wildman–Crippen MR) is 76.6 cm³/mol. The van der Waals surface area contributed by atoms with Gasteiger partial charge >= 0.3 is 5.97 Å². The summed E-state index contributed by atoms with van der Waals surface area (Å²) < 4.78 is 6.80. The molecule has 0 saturated carbocycles. The number of carbonyl (C=O) groups is 1. The predicted octanol–water partition coefficient (Wildman–Crippen LogP) is 4.18. The van der Waals surface area contributed by atoms with Crippen molar-refractivity contribution in [3.63, 3.8) is 0 Å². The minimum Gasteiger partial charge on any atom is -0.464 e. The number of ether oxygens (including phenoxy) is 1. The first-order valence-electron chi connectivity index (χ1n) is 6.09. The summed E-state index contributed by atoms with van der Waals surface area (Å²) in [5.41, 5.74) is 2.38. The van der Waals surface area contributed by atoms with Gasteiger partial charge in [-0.1, -0.05) is 23.7 Å². The summed E-state index contributed by atoms with van der Waals surface area (Å²) in [6.07, 6.45) is 1.90. The molecule has 0 N–H and O–H groups in total. The van der Waals surface area contributed by atoms with E-state index in [0.29, 0.717) is 10.7 Å². The Morgan fingerprint density at radius 2 is 1.84 bits per heavy atom. The number of hydrogen-bond donors (Lipinski definition) is 0. The average Bonchev–Trinajstić information content (AvgIpc) is 2.83. The van der Waals surface area contributed by atoms with Crippen LogP contribution in [-0.2, 0) is 4.74 Å². The Morgan fingerprint density at radius 1 is 1.21 bits per heavy atom. The van der Waals surface area contributed by atoms with Crippen molar-refractivity contribution in [2.45, 2.75) is 19.9 Å². The Bertz CT molecular complexity index is 585. The molecule has 0 amide bonds. The van der Waals surface area contributed by atoms with Crippen LogP contribution in [0.2, 0.25) is 5.02 Å². The lowest BCUT2D eigenvalue weighted by Gasteiger charge is -2.13. The minimum atomic E-state index is -0.330. The SMILES string of the molecule is COC(=O)c1c(-c2ccc(Cl)cc2)ccn1C(C)C. The van der Waals surface area contributed by atoms with E-state index in [2.05, 4.69) is 0 Å². The van der Waals surface area contributed by atoms with Crippen LogP contribution in [0.4, 0.5) is 0 Å². The number of nitrogens with zero attached hydrogens (tertiary/aromatic N) is 1. The molecule has 3 nitrogen and oxygen atoms in total. The number of benzene rings is 1. The number of rotatable bonds is 3. The molecule has 0 saturated heterocycles. The molecule has 1 heterocycles. The molecule has 4 heteroatoms. The Balaban J connectivity index is 2.57. The number of halogens is 1. The van der Waals surface area contributed by atoms with Gasteiger partial charge in [-0.25, -0.2) is 4.79 Å². The van der Waals surface area contributed by atoms with Gasteiger partial charge in [-0.05, 0) is 37.6 Å². The van der Waals surface area contributed by atoms with Crippen LogP contribution in [0, 0.1) is 0 Å². The molecule has 0 bridgehead atoms. The fraction of sp³-hybridized carbons (Fsp3) is 0.267. The summed E-state index contributed by atoms with van der Waals surface area (Å²) >= 11 is 5.89. The van der Waals surface area contributed by atoms with Crippen LogP contribution in [0.15, 0.2) is 36.5 Å². The Hall–Kier alpha value is -1.74.